The molecule has 0 aromatic heterocycles. The number of likely N-dealkylation sites (tertiary alicyclic amines) is 1. The van der Waals surface area contributed by atoms with Crippen LogP contribution in [-0.2, 0) is 9.53 Å². The second-order valence-corrected chi connectivity index (χ2v) is 7.44. The second kappa shape index (κ2) is 6.24. The maximum atomic E-state index is 12.2. The molecule has 1 saturated carbocycles. The van der Waals surface area contributed by atoms with Crippen LogP contribution < -0.4 is 0 Å². The Labute approximate surface area is 126 Å². The predicted octanol–water partition coefficient (Wildman–Crippen LogP) is 3.28. The third-order valence-electron chi connectivity index (χ3n) is 4.30. The van der Waals surface area contributed by atoms with Crippen LogP contribution in [0.1, 0.15) is 59.3 Å². The molecule has 21 heavy (non-hydrogen) atoms. The molecule has 1 saturated heterocycles. The van der Waals surface area contributed by atoms with Crippen molar-refractivity contribution in [2.45, 2.75) is 70.9 Å². The quantitative estimate of drug-likeness (QED) is 0.864. The van der Waals surface area contributed by atoms with Crippen LogP contribution >= 0.6 is 0 Å². The average molecular weight is 297 g/mol. The fraction of sp³-hybridized carbons (Fsp3) is 0.875. The van der Waals surface area contributed by atoms with Crippen molar-refractivity contribution in [3.05, 3.63) is 0 Å². The summed E-state index contributed by atoms with van der Waals surface area (Å²) in [5.41, 5.74) is -0.594. The maximum absolute atomic E-state index is 12.2. The predicted molar refractivity (Wildman–Crippen MR) is 79.0 cm³/mol. The number of carbonyl (C=O) groups excluding carboxylic acids is 1. The van der Waals surface area contributed by atoms with Gasteiger partial charge in [0.2, 0.25) is 0 Å². The zero-order chi connectivity index (χ0) is 15.6. The van der Waals surface area contributed by atoms with Crippen LogP contribution in [0, 0.1) is 11.8 Å². The van der Waals surface area contributed by atoms with Crippen molar-refractivity contribution in [3.8, 4) is 0 Å². The minimum atomic E-state index is -0.919. The first-order valence-corrected chi connectivity index (χ1v) is 7.98. The minimum absolute atomic E-state index is 0.422. The number of carboxylic acids is 1. The van der Waals surface area contributed by atoms with Crippen LogP contribution in [-0.4, -0.2) is 40.3 Å². The smallest absolute Gasteiger partial charge is 0.411 e. The molecule has 2 rings (SSSR count). The first-order valence-electron chi connectivity index (χ1n) is 7.98. The van der Waals surface area contributed by atoms with Gasteiger partial charge < -0.3 is 9.84 Å². The molecule has 5 heteroatoms. The SMILES string of the molecule is CC(C)(C)OC(=O)N1CCC(CCC2CC2)CC1C(=O)O. The van der Waals surface area contributed by atoms with Gasteiger partial charge in [0.25, 0.3) is 0 Å². The van der Waals surface area contributed by atoms with E-state index in [1.165, 1.54) is 24.2 Å². The molecule has 2 unspecified atom stereocenters. The Kier molecular flexibility index (Phi) is 4.79. The molecule has 2 aliphatic rings. The van der Waals surface area contributed by atoms with Gasteiger partial charge in [0, 0.05) is 6.54 Å². The molecule has 1 amide bonds. The molecule has 2 atom stereocenters. The summed E-state index contributed by atoms with van der Waals surface area (Å²) in [7, 11) is 0. The molecule has 0 aromatic carbocycles. The van der Waals surface area contributed by atoms with Gasteiger partial charge in [0.15, 0.2) is 0 Å². The summed E-state index contributed by atoms with van der Waals surface area (Å²) in [5.74, 6) is 0.375. The number of amides is 1. The van der Waals surface area contributed by atoms with Crippen LogP contribution in [0.15, 0.2) is 0 Å². The standard InChI is InChI=1S/C16H27NO4/c1-16(2,3)21-15(20)17-9-8-12(7-6-11-4-5-11)10-13(17)14(18)19/h11-13H,4-10H2,1-3H3,(H,18,19). The highest BCUT2D eigenvalue weighted by atomic mass is 16.6. The lowest BCUT2D eigenvalue weighted by Crippen LogP contribution is -2.51. The second-order valence-electron chi connectivity index (χ2n) is 7.44. The van der Waals surface area contributed by atoms with Gasteiger partial charge in [-0.3, -0.25) is 4.90 Å². The van der Waals surface area contributed by atoms with Crippen molar-refractivity contribution in [2.24, 2.45) is 11.8 Å². The van der Waals surface area contributed by atoms with Gasteiger partial charge in [-0.1, -0.05) is 25.7 Å². The summed E-state index contributed by atoms with van der Waals surface area (Å²) in [4.78, 5) is 25.0. The molecule has 1 aliphatic heterocycles. The lowest BCUT2D eigenvalue weighted by molar-refractivity contribution is -0.145. The average Bonchev–Trinajstić information content (AvgIpc) is 3.17. The van der Waals surface area contributed by atoms with Gasteiger partial charge in [0.1, 0.15) is 11.6 Å². The number of carbonyl (C=O) groups is 2. The van der Waals surface area contributed by atoms with Crippen molar-refractivity contribution in [3.63, 3.8) is 0 Å². The molecular weight excluding hydrogens is 270 g/mol. The number of nitrogens with zero attached hydrogens (tertiary/aromatic N) is 1. The summed E-state index contributed by atoms with van der Waals surface area (Å²) in [6, 6.07) is -0.738. The molecule has 1 heterocycles. The normalized spacial score (nSPS) is 26.5. The van der Waals surface area contributed by atoms with E-state index in [2.05, 4.69) is 0 Å². The molecule has 0 radical (unpaired) electrons. The number of rotatable bonds is 4. The Hall–Kier alpha value is -1.26. The van der Waals surface area contributed by atoms with Gasteiger partial charge in [-0.05, 0) is 45.4 Å². The Morgan fingerprint density at radius 1 is 1.14 bits per heavy atom. The zero-order valence-corrected chi connectivity index (χ0v) is 13.3. The van der Waals surface area contributed by atoms with Gasteiger partial charge in [0.05, 0.1) is 0 Å². The van der Waals surface area contributed by atoms with E-state index >= 15 is 0 Å². The van der Waals surface area contributed by atoms with Gasteiger partial charge >= 0.3 is 12.1 Å². The Morgan fingerprint density at radius 2 is 1.76 bits per heavy atom. The molecule has 2 fully saturated rings. The Morgan fingerprint density at radius 3 is 2.29 bits per heavy atom. The summed E-state index contributed by atoms with van der Waals surface area (Å²) in [6.07, 6.45) is 5.91. The van der Waals surface area contributed by atoms with Crippen LogP contribution in [0.4, 0.5) is 4.79 Å². The molecule has 0 bridgehead atoms. The third kappa shape index (κ3) is 4.90. The number of piperidine rings is 1. The van der Waals surface area contributed by atoms with Crippen LogP contribution in [0.25, 0.3) is 0 Å². The number of hydrogen-bond donors (Lipinski definition) is 1. The first-order chi connectivity index (χ1) is 9.76. The van der Waals surface area contributed by atoms with E-state index in [1.54, 1.807) is 20.8 Å². The Bertz CT molecular complexity index is 398. The monoisotopic (exact) mass is 297 g/mol. The van der Waals surface area contributed by atoms with E-state index in [0.717, 1.165) is 18.8 Å². The number of aliphatic carboxylic acids is 1. The van der Waals surface area contributed by atoms with Crippen molar-refractivity contribution < 1.29 is 19.4 Å². The first kappa shape index (κ1) is 16.1. The van der Waals surface area contributed by atoms with Crippen molar-refractivity contribution >= 4 is 12.1 Å². The molecular formula is C16H27NO4. The van der Waals surface area contributed by atoms with Crippen molar-refractivity contribution in [1.29, 1.82) is 0 Å². The highest BCUT2D eigenvalue weighted by Crippen LogP contribution is 2.37. The highest BCUT2D eigenvalue weighted by Gasteiger charge is 2.38. The maximum Gasteiger partial charge on any atom is 0.411 e. The minimum Gasteiger partial charge on any atom is -0.480 e. The molecule has 1 aliphatic carbocycles. The van der Waals surface area contributed by atoms with E-state index in [0.29, 0.717) is 18.9 Å². The molecule has 1 N–H and O–H groups in total. The molecule has 0 spiro atoms. The number of ether oxygens (including phenoxy) is 1. The van der Waals surface area contributed by atoms with Crippen molar-refractivity contribution in [2.75, 3.05) is 6.54 Å². The number of carboxylic acid groups (broad SMARTS) is 1. The van der Waals surface area contributed by atoms with E-state index in [1.807, 2.05) is 0 Å². The van der Waals surface area contributed by atoms with Gasteiger partial charge in [-0.25, -0.2) is 9.59 Å². The zero-order valence-electron chi connectivity index (χ0n) is 13.3. The Balaban J connectivity index is 1.92. The topological polar surface area (TPSA) is 66.8 Å². The van der Waals surface area contributed by atoms with Crippen LogP contribution in [0.5, 0.6) is 0 Å². The van der Waals surface area contributed by atoms with Gasteiger partial charge in [-0.2, -0.15) is 0 Å². The summed E-state index contributed by atoms with van der Waals surface area (Å²) in [5, 5.41) is 9.41. The largest absolute Gasteiger partial charge is 0.480 e. The van der Waals surface area contributed by atoms with Crippen LogP contribution in [0.2, 0.25) is 0 Å². The van der Waals surface area contributed by atoms with Crippen LogP contribution in [0.3, 0.4) is 0 Å². The van der Waals surface area contributed by atoms with E-state index < -0.39 is 23.7 Å². The highest BCUT2D eigenvalue weighted by molar-refractivity contribution is 5.80. The summed E-state index contributed by atoms with van der Waals surface area (Å²) < 4.78 is 5.32. The third-order valence-corrected chi connectivity index (χ3v) is 4.30. The number of hydrogen-bond acceptors (Lipinski definition) is 3. The summed E-state index contributed by atoms with van der Waals surface area (Å²) >= 11 is 0. The van der Waals surface area contributed by atoms with Gasteiger partial charge in [-0.15, -0.1) is 0 Å². The lowest BCUT2D eigenvalue weighted by Gasteiger charge is -2.38. The van der Waals surface area contributed by atoms with E-state index in [-0.39, 0.29) is 0 Å². The summed E-state index contributed by atoms with van der Waals surface area (Å²) in [6.45, 7) is 5.87. The van der Waals surface area contributed by atoms with E-state index in [4.69, 9.17) is 4.74 Å². The molecule has 5 nitrogen and oxygen atoms in total. The molecule has 0 aromatic rings. The fourth-order valence-electron chi connectivity index (χ4n) is 2.95. The fourth-order valence-corrected chi connectivity index (χ4v) is 2.95. The molecule has 120 valence electrons. The lowest BCUT2D eigenvalue weighted by atomic mass is 9.87. The van der Waals surface area contributed by atoms with E-state index in [9.17, 15) is 14.7 Å². The van der Waals surface area contributed by atoms with Crippen molar-refractivity contribution in [1.82, 2.24) is 4.90 Å².